The third-order valence-corrected chi connectivity index (χ3v) is 3.93. The van der Waals surface area contributed by atoms with E-state index in [1.165, 1.54) is 18.2 Å². The fourth-order valence-electron chi connectivity index (χ4n) is 2.07. The molecule has 1 aromatic carbocycles. The van der Waals surface area contributed by atoms with Crippen LogP contribution in [0.15, 0.2) is 18.2 Å². The highest BCUT2D eigenvalue weighted by Gasteiger charge is 2.56. The van der Waals surface area contributed by atoms with Gasteiger partial charge in [0.1, 0.15) is 11.2 Å². The second-order valence-electron chi connectivity index (χ2n) is 5.72. The molecule has 0 radical (unpaired) electrons. The molecule has 2 rings (SSSR count). The van der Waals surface area contributed by atoms with E-state index >= 15 is 0 Å². The van der Waals surface area contributed by atoms with Crippen molar-refractivity contribution in [3.8, 4) is 0 Å². The van der Waals surface area contributed by atoms with Gasteiger partial charge in [0.25, 0.3) is 0 Å². The summed E-state index contributed by atoms with van der Waals surface area (Å²) in [6, 6.07) is 3.92. The molecule has 2 amide bonds. The van der Waals surface area contributed by atoms with Crippen molar-refractivity contribution in [2.24, 2.45) is 5.41 Å². The van der Waals surface area contributed by atoms with Gasteiger partial charge in [0, 0.05) is 18.8 Å². The van der Waals surface area contributed by atoms with Gasteiger partial charge in [0.2, 0.25) is 11.8 Å². The number of amides is 2. The second kappa shape index (κ2) is 6.62. The quantitative estimate of drug-likeness (QED) is 0.784. The average molecular weight is 328 g/mol. The molecule has 1 aliphatic rings. The van der Waals surface area contributed by atoms with Crippen LogP contribution in [-0.2, 0) is 9.59 Å². The molecule has 22 heavy (non-hydrogen) atoms. The van der Waals surface area contributed by atoms with Crippen LogP contribution in [0.4, 0.5) is 10.1 Å². The molecule has 0 unspecified atom stereocenters. The molecule has 120 valence electrons. The monoisotopic (exact) mass is 327 g/mol. The molecule has 1 saturated carbocycles. The first kappa shape index (κ1) is 16.7. The zero-order valence-electron chi connectivity index (χ0n) is 12.6. The minimum atomic E-state index is -1.01. The summed E-state index contributed by atoms with van der Waals surface area (Å²) in [4.78, 5) is 26.4. The number of rotatable bonds is 6. The predicted molar refractivity (Wildman–Crippen MR) is 83.3 cm³/mol. The molecule has 1 fully saturated rings. The Labute approximate surface area is 133 Å². The predicted octanol–water partition coefficient (Wildman–Crippen LogP) is 1.88. The Kier molecular flexibility index (Phi) is 5.03. The van der Waals surface area contributed by atoms with Crippen LogP contribution in [0.3, 0.4) is 0 Å². The molecule has 1 aliphatic carbocycles. The van der Waals surface area contributed by atoms with Crippen LogP contribution < -0.4 is 10.6 Å². The smallest absolute Gasteiger partial charge is 0.240 e. The number of carbonyl (C=O) groups excluding carboxylic acids is 2. The van der Waals surface area contributed by atoms with E-state index in [1.54, 1.807) is 0 Å². The Morgan fingerprint density at radius 3 is 2.55 bits per heavy atom. The van der Waals surface area contributed by atoms with Crippen molar-refractivity contribution in [3.05, 3.63) is 29.0 Å². The van der Waals surface area contributed by atoms with E-state index in [2.05, 4.69) is 10.6 Å². The van der Waals surface area contributed by atoms with Gasteiger partial charge in [0.05, 0.1) is 5.02 Å². The first-order chi connectivity index (χ1) is 10.3. The van der Waals surface area contributed by atoms with Gasteiger partial charge in [-0.2, -0.15) is 0 Å². The van der Waals surface area contributed by atoms with Gasteiger partial charge in [-0.25, -0.2) is 4.39 Å². The summed E-state index contributed by atoms with van der Waals surface area (Å²) in [5, 5.41) is 5.34. The molecule has 0 spiro atoms. The number of halogens is 2. The van der Waals surface area contributed by atoms with Gasteiger partial charge >= 0.3 is 0 Å². The zero-order valence-corrected chi connectivity index (χ0v) is 13.3. The minimum Gasteiger partial charge on any atom is -0.354 e. The summed E-state index contributed by atoms with van der Waals surface area (Å²) < 4.78 is 13.1. The van der Waals surface area contributed by atoms with E-state index in [0.717, 1.165) is 0 Å². The van der Waals surface area contributed by atoms with Crippen molar-refractivity contribution in [1.82, 2.24) is 10.2 Å². The maximum Gasteiger partial charge on any atom is 0.240 e. The third kappa shape index (κ3) is 3.75. The van der Waals surface area contributed by atoms with Gasteiger partial charge < -0.3 is 15.5 Å². The maximum atomic E-state index is 13.1. The first-order valence-electron chi connectivity index (χ1n) is 7.05. The summed E-state index contributed by atoms with van der Waals surface area (Å²) in [6.07, 6.45) is 1.03. The molecular formula is C15H19ClFN3O2. The molecule has 0 atom stereocenters. The second-order valence-corrected chi connectivity index (χ2v) is 6.13. The number of nitrogens with one attached hydrogen (secondary N) is 2. The van der Waals surface area contributed by atoms with E-state index in [-0.39, 0.29) is 16.8 Å². The van der Waals surface area contributed by atoms with E-state index < -0.39 is 11.2 Å². The van der Waals surface area contributed by atoms with Gasteiger partial charge in [-0.05, 0) is 45.1 Å². The number of hydrogen-bond acceptors (Lipinski definition) is 3. The number of nitrogens with zero attached hydrogens (tertiary/aromatic N) is 1. The van der Waals surface area contributed by atoms with E-state index in [4.69, 9.17) is 11.6 Å². The summed E-state index contributed by atoms with van der Waals surface area (Å²) in [5.74, 6) is -1.19. The Balaban J connectivity index is 1.96. The van der Waals surface area contributed by atoms with Gasteiger partial charge in [-0.1, -0.05) is 11.6 Å². The largest absolute Gasteiger partial charge is 0.354 e. The Hall–Kier alpha value is -1.66. The van der Waals surface area contributed by atoms with Crippen molar-refractivity contribution in [2.45, 2.75) is 12.8 Å². The summed E-state index contributed by atoms with van der Waals surface area (Å²) in [7, 11) is 3.81. The van der Waals surface area contributed by atoms with Crippen LogP contribution in [0.5, 0.6) is 0 Å². The molecule has 0 bridgehead atoms. The molecule has 0 aliphatic heterocycles. The lowest BCUT2D eigenvalue weighted by Gasteiger charge is -2.17. The van der Waals surface area contributed by atoms with Crippen LogP contribution in [0.1, 0.15) is 12.8 Å². The van der Waals surface area contributed by atoms with Crippen LogP contribution in [-0.4, -0.2) is 43.9 Å². The van der Waals surface area contributed by atoms with Crippen LogP contribution in [0, 0.1) is 11.2 Å². The molecule has 1 aromatic rings. The first-order valence-corrected chi connectivity index (χ1v) is 7.42. The highest BCUT2D eigenvalue weighted by molar-refractivity contribution is 6.31. The van der Waals surface area contributed by atoms with E-state index in [9.17, 15) is 14.0 Å². The molecule has 0 aromatic heterocycles. The molecule has 0 heterocycles. The van der Waals surface area contributed by atoms with Crippen molar-refractivity contribution in [2.75, 3.05) is 32.5 Å². The molecule has 2 N–H and O–H groups in total. The zero-order chi connectivity index (χ0) is 16.3. The van der Waals surface area contributed by atoms with Crippen LogP contribution >= 0.6 is 11.6 Å². The van der Waals surface area contributed by atoms with Crippen molar-refractivity contribution >= 4 is 29.1 Å². The maximum absolute atomic E-state index is 13.1. The lowest BCUT2D eigenvalue weighted by Crippen LogP contribution is -2.42. The fraction of sp³-hybridized carbons (Fsp3) is 0.467. The molecule has 0 saturated heterocycles. The topological polar surface area (TPSA) is 61.4 Å². The summed E-state index contributed by atoms with van der Waals surface area (Å²) >= 11 is 5.68. The lowest BCUT2D eigenvalue weighted by molar-refractivity contribution is -0.134. The summed E-state index contributed by atoms with van der Waals surface area (Å²) in [5.41, 5.74) is -0.628. The third-order valence-electron chi connectivity index (χ3n) is 3.64. The fourth-order valence-corrected chi connectivity index (χ4v) is 2.25. The van der Waals surface area contributed by atoms with Gasteiger partial charge in [-0.3, -0.25) is 9.59 Å². The van der Waals surface area contributed by atoms with Crippen molar-refractivity contribution in [3.63, 3.8) is 0 Å². The number of likely N-dealkylation sites (N-methyl/N-ethyl adjacent to an activating group) is 1. The number of carbonyl (C=O) groups is 2. The highest BCUT2D eigenvalue weighted by Crippen LogP contribution is 2.46. The lowest BCUT2D eigenvalue weighted by atomic mass is 10.1. The number of anilines is 1. The molecule has 7 heteroatoms. The summed E-state index contributed by atoms with van der Waals surface area (Å²) in [6.45, 7) is 1.19. The van der Waals surface area contributed by atoms with Gasteiger partial charge in [-0.15, -0.1) is 0 Å². The van der Waals surface area contributed by atoms with Crippen molar-refractivity contribution in [1.29, 1.82) is 0 Å². The Morgan fingerprint density at radius 1 is 1.32 bits per heavy atom. The number of benzene rings is 1. The molecule has 5 nitrogen and oxygen atoms in total. The molecular weight excluding hydrogens is 309 g/mol. The van der Waals surface area contributed by atoms with Crippen LogP contribution in [0.25, 0.3) is 0 Å². The number of hydrogen-bond donors (Lipinski definition) is 2. The van der Waals surface area contributed by atoms with Gasteiger partial charge in [0.15, 0.2) is 0 Å². The minimum absolute atomic E-state index is 0.0712. The highest BCUT2D eigenvalue weighted by atomic mass is 35.5. The normalized spacial score (nSPS) is 15.5. The van der Waals surface area contributed by atoms with Crippen LogP contribution in [0.2, 0.25) is 5.02 Å². The Morgan fingerprint density at radius 2 is 2.00 bits per heavy atom. The van der Waals surface area contributed by atoms with E-state index in [1.807, 2.05) is 19.0 Å². The average Bonchev–Trinajstić information content (AvgIpc) is 3.24. The van der Waals surface area contributed by atoms with Crippen molar-refractivity contribution < 1.29 is 14.0 Å². The van der Waals surface area contributed by atoms with E-state index in [0.29, 0.717) is 31.6 Å². The Bertz CT molecular complexity index is 588. The SMILES string of the molecule is CN(C)CCNC(=O)C1(C(=O)Nc2ccc(F)c(Cl)c2)CC1. The standard InChI is InChI=1S/C15H19ClFN3O2/c1-20(2)8-7-18-13(21)15(5-6-15)14(22)19-10-3-4-12(17)11(16)9-10/h3-4,9H,5-8H2,1-2H3,(H,18,21)(H,19,22).